The number of rotatable bonds is 1. The van der Waals surface area contributed by atoms with Crippen LogP contribution in [-0.2, 0) is 0 Å². The second-order valence-corrected chi connectivity index (χ2v) is 4.91. The van der Waals surface area contributed by atoms with E-state index in [1.165, 1.54) is 0 Å². The van der Waals surface area contributed by atoms with E-state index >= 15 is 0 Å². The summed E-state index contributed by atoms with van der Waals surface area (Å²) in [4.78, 5) is 8.21. The van der Waals surface area contributed by atoms with Crippen molar-refractivity contribution in [1.29, 1.82) is 0 Å². The minimum atomic E-state index is 0.270. The predicted octanol–water partition coefficient (Wildman–Crippen LogP) is 1.92. The van der Waals surface area contributed by atoms with Gasteiger partial charge in [-0.1, -0.05) is 0 Å². The fourth-order valence-electron chi connectivity index (χ4n) is 2.43. The summed E-state index contributed by atoms with van der Waals surface area (Å²) in [7, 11) is 0. The molecular formula is C11H14ClN5. The van der Waals surface area contributed by atoms with Crippen molar-refractivity contribution < 1.29 is 0 Å². The summed E-state index contributed by atoms with van der Waals surface area (Å²) in [5, 5.41) is 5.60. The van der Waals surface area contributed by atoms with E-state index in [9.17, 15) is 0 Å². The van der Waals surface area contributed by atoms with E-state index in [1.807, 2.05) is 4.68 Å². The van der Waals surface area contributed by atoms with Crippen molar-refractivity contribution in [2.45, 2.75) is 37.8 Å². The van der Waals surface area contributed by atoms with Crippen molar-refractivity contribution in [3.8, 4) is 0 Å². The van der Waals surface area contributed by atoms with Crippen molar-refractivity contribution in [3.63, 3.8) is 0 Å². The van der Waals surface area contributed by atoms with Gasteiger partial charge in [0.25, 0.3) is 0 Å². The molecule has 0 aromatic carbocycles. The second kappa shape index (κ2) is 4.23. The molecule has 2 heterocycles. The van der Waals surface area contributed by atoms with Gasteiger partial charge in [-0.25, -0.2) is 9.67 Å². The Morgan fingerprint density at radius 1 is 1.24 bits per heavy atom. The number of fused-ring (bicyclic) bond motifs is 1. The maximum Gasteiger partial charge on any atom is 0.224 e. The molecule has 0 atom stereocenters. The third-order valence-corrected chi connectivity index (χ3v) is 3.57. The van der Waals surface area contributed by atoms with E-state index in [1.54, 1.807) is 12.4 Å². The fraction of sp³-hybridized carbons (Fsp3) is 0.545. The van der Waals surface area contributed by atoms with Gasteiger partial charge in [-0.2, -0.15) is 10.1 Å². The quantitative estimate of drug-likeness (QED) is 0.787. The molecule has 0 amide bonds. The van der Waals surface area contributed by atoms with E-state index in [2.05, 4.69) is 15.1 Å². The molecule has 1 saturated carbocycles. The largest absolute Gasteiger partial charge is 0.328 e. The van der Waals surface area contributed by atoms with Gasteiger partial charge in [0.1, 0.15) is 0 Å². The van der Waals surface area contributed by atoms with Gasteiger partial charge in [0.05, 0.1) is 17.6 Å². The minimum absolute atomic E-state index is 0.270. The highest BCUT2D eigenvalue weighted by molar-refractivity contribution is 6.28. The van der Waals surface area contributed by atoms with Crippen molar-refractivity contribution in [2.75, 3.05) is 0 Å². The van der Waals surface area contributed by atoms with Crippen LogP contribution in [0.15, 0.2) is 12.4 Å². The van der Waals surface area contributed by atoms with Crippen LogP contribution < -0.4 is 5.73 Å². The molecule has 0 spiro atoms. The molecule has 3 rings (SSSR count). The summed E-state index contributed by atoms with van der Waals surface area (Å²) in [6.45, 7) is 0. The maximum atomic E-state index is 5.91. The number of aromatic nitrogens is 4. The van der Waals surface area contributed by atoms with Gasteiger partial charge in [-0.15, -0.1) is 0 Å². The smallest absolute Gasteiger partial charge is 0.224 e. The summed E-state index contributed by atoms with van der Waals surface area (Å²) in [5.74, 6) is 0. The predicted molar refractivity (Wildman–Crippen MR) is 65.8 cm³/mol. The Bertz CT molecular complexity index is 530. The molecule has 0 aliphatic heterocycles. The van der Waals surface area contributed by atoms with Crippen LogP contribution in [0.3, 0.4) is 0 Å². The van der Waals surface area contributed by atoms with Crippen molar-refractivity contribution >= 4 is 22.6 Å². The lowest BCUT2D eigenvalue weighted by molar-refractivity contribution is 0.309. The Balaban J connectivity index is 1.97. The minimum Gasteiger partial charge on any atom is -0.328 e. The van der Waals surface area contributed by atoms with E-state index in [0.29, 0.717) is 12.1 Å². The Kier molecular flexibility index (Phi) is 2.72. The number of hydrogen-bond acceptors (Lipinski definition) is 4. The molecule has 6 heteroatoms. The van der Waals surface area contributed by atoms with E-state index in [4.69, 9.17) is 17.3 Å². The van der Waals surface area contributed by atoms with Crippen LogP contribution in [0.5, 0.6) is 0 Å². The van der Waals surface area contributed by atoms with Crippen molar-refractivity contribution in [2.24, 2.45) is 5.73 Å². The number of halogens is 1. The molecule has 1 aliphatic carbocycles. The van der Waals surface area contributed by atoms with Crippen molar-refractivity contribution in [1.82, 2.24) is 19.7 Å². The Morgan fingerprint density at radius 2 is 2.00 bits per heavy atom. The molecule has 90 valence electrons. The first-order valence-electron chi connectivity index (χ1n) is 5.85. The Labute approximate surface area is 104 Å². The average Bonchev–Trinajstić information content (AvgIpc) is 2.73. The first kappa shape index (κ1) is 10.9. The molecule has 2 aromatic rings. The number of hydrogen-bond donors (Lipinski definition) is 1. The van der Waals surface area contributed by atoms with Gasteiger partial charge in [0.2, 0.25) is 5.28 Å². The molecule has 17 heavy (non-hydrogen) atoms. The van der Waals surface area contributed by atoms with Crippen molar-refractivity contribution in [3.05, 3.63) is 17.7 Å². The van der Waals surface area contributed by atoms with Gasteiger partial charge in [-0.3, -0.25) is 0 Å². The average molecular weight is 252 g/mol. The zero-order chi connectivity index (χ0) is 11.8. The number of nitrogens with zero attached hydrogens (tertiary/aromatic N) is 4. The van der Waals surface area contributed by atoms with E-state index < -0.39 is 0 Å². The molecule has 0 unspecified atom stereocenters. The van der Waals surface area contributed by atoms with Crippen LogP contribution >= 0.6 is 11.6 Å². The highest BCUT2D eigenvalue weighted by Crippen LogP contribution is 2.29. The monoisotopic (exact) mass is 251 g/mol. The zero-order valence-electron chi connectivity index (χ0n) is 9.38. The molecule has 0 bridgehead atoms. The first-order chi connectivity index (χ1) is 8.24. The molecule has 2 aromatic heterocycles. The van der Waals surface area contributed by atoms with Crippen LogP contribution in [0.2, 0.25) is 5.28 Å². The Hall–Kier alpha value is -1.20. The molecule has 1 aliphatic rings. The topological polar surface area (TPSA) is 69.6 Å². The zero-order valence-corrected chi connectivity index (χ0v) is 10.1. The lowest BCUT2D eigenvalue weighted by atomic mass is 9.92. The highest BCUT2D eigenvalue weighted by atomic mass is 35.5. The van der Waals surface area contributed by atoms with Gasteiger partial charge < -0.3 is 5.73 Å². The first-order valence-corrected chi connectivity index (χ1v) is 6.23. The molecule has 5 nitrogen and oxygen atoms in total. The highest BCUT2D eigenvalue weighted by Gasteiger charge is 2.22. The summed E-state index contributed by atoms with van der Waals surface area (Å²) in [5.41, 5.74) is 6.74. The third kappa shape index (κ3) is 2.00. The summed E-state index contributed by atoms with van der Waals surface area (Å²) in [6.07, 6.45) is 7.71. The summed E-state index contributed by atoms with van der Waals surface area (Å²) in [6, 6.07) is 0.726. The molecular weight excluding hydrogens is 238 g/mol. The van der Waals surface area contributed by atoms with Gasteiger partial charge in [0, 0.05) is 12.2 Å². The third-order valence-electron chi connectivity index (χ3n) is 3.39. The molecule has 0 saturated heterocycles. The SMILES string of the molecule is NC1CCC(n2ncc3cnc(Cl)nc32)CC1. The summed E-state index contributed by atoms with van der Waals surface area (Å²) < 4.78 is 1.97. The van der Waals surface area contributed by atoms with Crippen LogP contribution in [0.25, 0.3) is 11.0 Å². The normalized spacial score (nSPS) is 25.3. The van der Waals surface area contributed by atoms with Crippen LogP contribution in [0.1, 0.15) is 31.7 Å². The Morgan fingerprint density at radius 3 is 2.76 bits per heavy atom. The second-order valence-electron chi connectivity index (χ2n) is 4.58. The molecule has 2 N–H and O–H groups in total. The molecule has 1 fully saturated rings. The van der Waals surface area contributed by atoms with Crippen LogP contribution in [0, 0.1) is 0 Å². The van der Waals surface area contributed by atoms with Crippen LogP contribution in [0.4, 0.5) is 0 Å². The summed E-state index contributed by atoms with van der Waals surface area (Å²) >= 11 is 5.83. The van der Waals surface area contributed by atoms with E-state index in [-0.39, 0.29) is 5.28 Å². The van der Waals surface area contributed by atoms with E-state index in [0.717, 1.165) is 36.7 Å². The van der Waals surface area contributed by atoms with Crippen LogP contribution in [-0.4, -0.2) is 25.8 Å². The maximum absolute atomic E-state index is 5.91. The lowest BCUT2D eigenvalue weighted by Gasteiger charge is -2.26. The lowest BCUT2D eigenvalue weighted by Crippen LogP contribution is -2.28. The fourth-order valence-corrected chi connectivity index (χ4v) is 2.56. The van der Waals surface area contributed by atoms with Gasteiger partial charge in [-0.05, 0) is 37.3 Å². The molecule has 0 radical (unpaired) electrons. The number of nitrogens with two attached hydrogens (primary N) is 1. The standard InChI is InChI=1S/C11H14ClN5/c12-11-14-5-7-6-15-17(10(7)16-11)9-3-1-8(13)2-4-9/h5-6,8-9H,1-4,13H2. The van der Waals surface area contributed by atoms with Gasteiger partial charge >= 0.3 is 0 Å². The van der Waals surface area contributed by atoms with Gasteiger partial charge in [0.15, 0.2) is 5.65 Å².